The van der Waals surface area contributed by atoms with Crippen molar-refractivity contribution in [2.75, 3.05) is 7.11 Å². The molecule has 0 N–H and O–H groups in total. The number of rotatable bonds is 2. The first kappa shape index (κ1) is 14.7. The lowest BCUT2D eigenvalue weighted by molar-refractivity contribution is 0.414. The Morgan fingerprint density at radius 1 is 0.846 bits per heavy atom. The minimum atomic E-state index is -0.0855. The van der Waals surface area contributed by atoms with Gasteiger partial charge in [-0.25, -0.2) is 9.67 Å². The Labute approximate surface area is 148 Å². The number of methoxy groups -OCH3 is 1. The molecule has 2 aromatic heterocycles. The summed E-state index contributed by atoms with van der Waals surface area (Å²) in [5, 5.41) is 1.54. The van der Waals surface area contributed by atoms with Gasteiger partial charge in [0.05, 0.1) is 29.2 Å². The molecule has 0 aliphatic carbocycles. The molecule has 0 aliphatic rings. The van der Waals surface area contributed by atoms with Crippen LogP contribution in [-0.4, -0.2) is 21.3 Å². The van der Waals surface area contributed by atoms with Gasteiger partial charge in [0.25, 0.3) is 5.56 Å². The molecule has 5 rings (SSSR count). The van der Waals surface area contributed by atoms with E-state index in [0.717, 1.165) is 22.3 Å². The number of para-hydroxylation sites is 2. The first-order chi connectivity index (χ1) is 12.8. The Bertz CT molecular complexity index is 1330. The Morgan fingerprint density at radius 3 is 2.31 bits per heavy atom. The third-order valence-corrected chi connectivity index (χ3v) is 4.64. The Kier molecular flexibility index (Phi) is 3.09. The molecule has 0 saturated heterocycles. The Hall–Kier alpha value is -3.60. The highest BCUT2D eigenvalue weighted by Gasteiger charge is 2.16. The zero-order chi connectivity index (χ0) is 17.7. The third-order valence-electron chi connectivity index (χ3n) is 4.64. The second-order valence-corrected chi connectivity index (χ2v) is 6.10. The second kappa shape index (κ2) is 5.46. The van der Waals surface area contributed by atoms with E-state index in [1.54, 1.807) is 11.6 Å². The number of hydrogen-bond acceptors (Lipinski definition) is 3. The minimum absolute atomic E-state index is 0.0855. The van der Waals surface area contributed by atoms with Gasteiger partial charge in [-0.3, -0.25) is 4.79 Å². The number of aromatic nitrogens is 3. The second-order valence-electron chi connectivity index (χ2n) is 6.10. The summed E-state index contributed by atoms with van der Waals surface area (Å²) in [4.78, 5) is 18.0. The maximum Gasteiger partial charge on any atom is 0.281 e. The van der Waals surface area contributed by atoms with E-state index in [0.29, 0.717) is 16.6 Å². The van der Waals surface area contributed by atoms with Crippen LogP contribution in [-0.2, 0) is 0 Å². The van der Waals surface area contributed by atoms with Crippen LogP contribution in [0.5, 0.6) is 5.75 Å². The SMILES string of the molecule is COc1ccc(-n2c3ccccc3c3nc4ccccc4c(=O)n32)cc1. The molecule has 126 valence electrons. The summed E-state index contributed by atoms with van der Waals surface area (Å²) in [5.41, 5.74) is 3.07. The van der Waals surface area contributed by atoms with E-state index in [9.17, 15) is 4.79 Å². The van der Waals surface area contributed by atoms with Crippen LogP contribution in [0.25, 0.3) is 33.1 Å². The van der Waals surface area contributed by atoms with E-state index in [1.807, 2.05) is 77.5 Å². The van der Waals surface area contributed by atoms with Gasteiger partial charge in [0.15, 0.2) is 5.65 Å². The van der Waals surface area contributed by atoms with Crippen molar-refractivity contribution in [3.63, 3.8) is 0 Å². The normalized spacial score (nSPS) is 11.4. The molecule has 0 saturated carbocycles. The smallest absolute Gasteiger partial charge is 0.281 e. The van der Waals surface area contributed by atoms with Crippen LogP contribution in [0.15, 0.2) is 77.6 Å². The van der Waals surface area contributed by atoms with E-state index in [1.165, 1.54) is 0 Å². The maximum atomic E-state index is 13.3. The lowest BCUT2D eigenvalue weighted by Gasteiger charge is -2.09. The summed E-state index contributed by atoms with van der Waals surface area (Å²) in [6, 6.07) is 23.0. The Morgan fingerprint density at radius 2 is 1.54 bits per heavy atom. The molecule has 0 aliphatic heterocycles. The third kappa shape index (κ3) is 1.97. The molecule has 5 nitrogen and oxygen atoms in total. The fourth-order valence-electron chi connectivity index (χ4n) is 3.42. The summed E-state index contributed by atoms with van der Waals surface area (Å²) in [6.45, 7) is 0. The molecule has 26 heavy (non-hydrogen) atoms. The van der Waals surface area contributed by atoms with Crippen molar-refractivity contribution in [1.82, 2.24) is 14.2 Å². The summed E-state index contributed by atoms with van der Waals surface area (Å²) in [6.07, 6.45) is 0. The molecule has 0 unspecified atom stereocenters. The molecule has 5 aromatic rings. The highest BCUT2D eigenvalue weighted by Crippen LogP contribution is 2.25. The van der Waals surface area contributed by atoms with Crippen LogP contribution in [0.1, 0.15) is 0 Å². The molecular weight excluding hydrogens is 326 g/mol. The van der Waals surface area contributed by atoms with Gasteiger partial charge in [0.2, 0.25) is 0 Å². The van der Waals surface area contributed by atoms with Crippen LogP contribution >= 0.6 is 0 Å². The summed E-state index contributed by atoms with van der Waals surface area (Å²) in [7, 11) is 1.63. The Balaban J connectivity index is 1.99. The van der Waals surface area contributed by atoms with Gasteiger partial charge in [-0.1, -0.05) is 24.3 Å². The van der Waals surface area contributed by atoms with Crippen molar-refractivity contribution >= 4 is 27.5 Å². The maximum absolute atomic E-state index is 13.3. The lowest BCUT2D eigenvalue weighted by Crippen LogP contribution is -2.20. The van der Waals surface area contributed by atoms with Crippen LogP contribution in [0, 0.1) is 0 Å². The average Bonchev–Trinajstić information content (AvgIpc) is 3.03. The van der Waals surface area contributed by atoms with Crippen molar-refractivity contribution in [2.24, 2.45) is 0 Å². The zero-order valence-electron chi connectivity index (χ0n) is 14.1. The molecule has 0 spiro atoms. The van der Waals surface area contributed by atoms with E-state index < -0.39 is 0 Å². The number of nitrogens with zero attached hydrogens (tertiary/aromatic N) is 3. The molecule has 0 atom stereocenters. The van der Waals surface area contributed by atoms with E-state index in [-0.39, 0.29) is 5.56 Å². The molecule has 0 bridgehead atoms. The van der Waals surface area contributed by atoms with Gasteiger partial charge in [0, 0.05) is 5.39 Å². The molecule has 0 amide bonds. The van der Waals surface area contributed by atoms with Gasteiger partial charge in [-0.15, -0.1) is 0 Å². The predicted molar refractivity (Wildman–Crippen MR) is 102 cm³/mol. The molecule has 2 heterocycles. The van der Waals surface area contributed by atoms with E-state index >= 15 is 0 Å². The standard InChI is InChI=1S/C21H15N3O2/c1-26-15-12-10-14(11-13-15)23-19-9-5-3-7-17(19)20-22-18-8-4-2-6-16(18)21(25)24(20)23/h2-13H,1H3. The van der Waals surface area contributed by atoms with Crippen LogP contribution in [0.3, 0.4) is 0 Å². The van der Waals surface area contributed by atoms with E-state index in [4.69, 9.17) is 9.72 Å². The lowest BCUT2D eigenvalue weighted by atomic mass is 10.2. The van der Waals surface area contributed by atoms with Gasteiger partial charge in [-0.05, 0) is 48.5 Å². The highest BCUT2D eigenvalue weighted by molar-refractivity contribution is 5.96. The molecule has 5 heteroatoms. The summed E-state index contributed by atoms with van der Waals surface area (Å²) in [5.74, 6) is 0.769. The number of hydrogen-bond donors (Lipinski definition) is 0. The minimum Gasteiger partial charge on any atom is -0.497 e. The van der Waals surface area contributed by atoms with Crippen molar-refractivity contribution in [3.05, 3.63) is 83.2 Å². The zero-order valence-corrected chi connectivity index (χ0v) is 14.1. The average molecular weight is 341 g/mol. The fraction of sp³-hybridized carbons (Fsp3) is 0.0476. The van der Waals surface area contributed by atoms with Crippen molar-refractivity contribution in [3.8, 4) is 11.4 Å². The van der Waals surface area contributed by atoms with Crippen LogP contribution in [0.4, 0.5) is 0 Å². The van der Waals surface area contributed by atoms with Gasteiger partial charge in [-0.2, -0.15) is 4.52 Å². The molecule has 0 radical (unpaired) electrons. The van der Waals surface area contributed by atoms with Crippen molar-refractivity contribution in [2.45, 2.75) is 0 Å². The topological polar surface area (TPSA) is 48.5 Å². The van der Waals surface area contributed by atoms with E-state index in [2.05, 4.69) is 0 Å². The van der Waals surface area contributed by atoms with Gasteiger partial charge in [0.1, 0.15) is 5.75 Å². The van der Waals surface area contributed by atoms with Crippen LogP contribution in [0.2, 0.25) is 0 Å². The molecular formula is C21H15N3O2. The van der Waals surface area contributed by atoms with Crippen LogP contribution < -0.4 is 10.3 Å². The summed E-state index contributed by atoms with van der Waals surface area (Å²) >= 11 is 0. The first-order valence-corrected chi connectivity index (χ1v) is 8.33. The monoisotopic (exact) mass is 341 g/mol. The van der Waals surface area contributed by atoms with Gasteiger partial charge >= 0.3 is 0 Å². The fourth-order valence-corrected chi connectivity index (χ4v) is 3.42. The highest BCUT2D eigenvalue weighted by atomic mass is 16.5. The molecule has 0 fully saturated rings. The van der Waals surface area contributed by atoms with Gasteiger partial charge < -0.3 is 4.74 Å². The number of ether oxygens (including phenoxy) is 1. The predicted octanol–water partition coefficient (Wildman–Crippen LogP) is 3.80. The van der Waals surface area contributed by atoms with Crippen molar-refractivity contribution in [1.29, 1.82) is 0 Å². The summed E-state index contributed by atoms with van der Waals surface area (Å²) < 4.78 is 8.81. The number of benzene rings is 3. The first-order valence-electron chi connectivity index (χ1n) is 8.33. The quantitative estimate of drug-likeness (QED) is 0.491. The molecule has 3 aromatic carbocycles. The largest absolute Gasteiger partial charge is 0.497 e. The number of fused-ring (bicyclic) bond motifs is 4. The van der Waals surface area contributed by atoms with Crippen molar-refractivity contribution < 1.29 is 4.74 Å².